The number of sulfone groups is 1. The summed E-state index contributed by atoms with van der Waals surface area (Å²) in [6.07, 6.45) is 1.44. The molecule has 1 atom stereocenters. The molecule has 0 unspecified atom stereocenters. The maximum atomic E-state index is 12.9. The minimum atomic E-state index is -3.50. The van der Waals surface area contributed by atoms with Crippen LogP contribution in [0.3, 0.4) is 0 Å². The first-order chi connectivity index (χ1) is 12.4. The zero-order valence-electron chi connectivity index (χ0n) is 14.4. The Hall–Kier alpha value is -1.90. The molecule has 8 heteroatoms. The number of methoxy groups -OCH3 is 1. The lowest BCUT2D eigenvalue weighted by atomic mass is 9.94. The first-order valence-electron chi connectivity index (χ1n) is 8.32. The lowest BCUT2D eigenvalue weighted by molar-refractivity contribution is -0.130. The molecule has 2 N–H and O–H groups in total. The van der Waals surface area contributed by atoms with E-state index in [2.05, 4.69) is 0 Å². The van der Waals surface area contributed by atoms with Crippen LogP contribution >= 0.6 is 11.3 Å². The Morgan fingerprint density at radius 2 is 1.96 bits per heavy atom. The van der Waals surface area contributed by atoms with Gasteiger partial charge in [0.05, 0.1) is 19.3 Å². The van der Waals surface area contributed by atoms with Gasteiger partial charge in [0, 0.05) is 9.75 Å². The largest absolute Gasteiger partial charge is 0.497 e. The highest BCUT2D eigenvalue weighted by atomic mass is 32.2. The van der Waals surface area contributed by atoms with Crippen molar-refractivity contribution in [2.45, 2.75) is 30.4 Å². The fourth-order valence-electron chi connectivity index (χ4n) is 3.41. The molecule has 26 heavy (non-hydrogen) atoms. The number of hydrogen-bond donors (Lipinski definition) is 2. The van der Waals surface area contributed by atoms with E-state index >= 15 is 0 Å². The molecule has 1 fully saturated rings. The Kier molecular flexibility index (Phi) is 5.36. The second kappa shape index (κ2) is 7.38. The van der Waals surface area contributed by atoms with E-state index in [4.69, 9.17) is 9.94 Å². The van der Waals surface area contributed by atoms with E-state index in [1.807, 2.05) is 30.3 Å². The highest BCUT2D eigenvalue weighted by Crippen LogP contribution is 2.47. The van der Waals surface area contributed by atoms with Crippen molar-refractivity contribution in [3.8, 4) is 16.2 Å². The van der Waals surface area contributed by atoms with Crippen LogP contribution < -0.4 is 10.2 Å². The van der Waals surface area contributed by atoms with Gasteiger partial charge in [-0.3, -0.25) is 10.0 Å². The van der Waals surface area contributed by atoms with Crippen LogP contribution in [0.1, 0.15) is 30.6 Å². The molecule has 1 aliphatic heterocycles. The van der Waals surface area contributed by atoms with Gasteiger partial charge < -0.3 is 4.74 Å². The number of amides is 1. The minimum absolute atomic E-state index is 0.0570. The van der Waals surface area contributed by atoms with Crippen LogP contribution in [0, 0.1) is 0 Å². The van der Waals surface area contributed by atoms with Crippen molar-refractivity contribution in [3.63, 3.8) is 0 Å². The van der Waals surface area contributed by atoms with Gasteiger partial charge in [-0.25, -0.2) is 13.9 Å². The molecule has 0 radical (unpaired) electrons. The van der Waals surface area contributed by atoms with Crippen molar-refractivity contribution >= 4 is 27.1 Å². The van der Waals surface area contributed by atoms with E-state index < -0.39 is 20.5 Å². The standard InChI is InChI=1S/C18H21NO5S2/c1-24-14-6-4-13(5-7-14)15-8-9-16(25-15)18(12-17(20)19-21)10-2-3-11-26(18,22)23/h4-9,21H,2-3,10-12H2,1H3,(H,19,20)/t18-/m0/s1. The third-order valence-electron chi connectivity index (χ3n) is 4.84. The third kappa shape index (κ3) is 3.36. The summed E-state index contributed by atoms with van der Waals surface area (Å²) in [6.45, 7) is 0. The number of carbonyl (C=O) groups excluding carboxylic acids is 1. The van der Waals surface area contributed by atoms with Crippen LogP contribution in [0.4, 0.5) is 0 Å². The van der Waals surface area contributed by atoms with E-state index in [1.54, 1.807) is 18.7 Å². The summed E-state index contributed by atoms with van der Waals surface area (Å²) < 4.78 is 29.7. The molecule has 0 saturated carbocycles. The van der Waals surface area contributed by atoms with Gasteiger partial charge in [-0.05, 0) is 54.8 Å². The molecule has 0 aliphatic carbocycles. The summed E-state index contributed by atoms with van der Waals surface area (Å²) in [5.74, 6) is 0.118. The zero-order chi connectivity index (χ0) is 18.8. The van der Waals surface area contributed by atoms with Gasteiger partial charge in [0.25, 0.3) is 0 Å². The van der Waals surface area contributed by atoms with Crippen molar-refractivity contribution in [3.05, 3.63) is 41.3 Å². The molecule has 2 heterocycles. The van der Waals surface area contributed by atoms with Crippen molar-refractivity contribution in [1.29, 1.82) is 0 Å². The molecule has 3 rings (SSSR count). The van der Waals surface area contributed by atoms with Gasteiger partial charge in [-0.2, -0.15) is 0 Å². The Morgan fingerprint density at radius 1 is 1.23 bits per heavy atom. The second-order valence-corrected chi connectivity index (χ2v) is 9.88. The monoisotopic (exact) mass is 395 g/mol. The fraction of sp³-hybridized carbons (Fsp3) is 0.389. The molecular formula is C18H21NO5S2. The molecule has 0 bridgehead atoms. The van der Waals surface area contributed by atoms with Crippen molar-refractivity contribution in [2.75, 3.05) is 12.9 Å². The SMILES string of the molecule is COc1ccc(-c2ccc([C@@]3(CC(=O)NO)CCCCS3(=O)=O)s2)cc1. The topological polar surface area (TPSA) is 92.7 Å². The highest BCUT2D eigenvalue weighted by molar-refractivity contribution is 7.92. The number of hydroxylamine groups is 1. The van der Waals surface area contributed by atoms with Crippen molar-refractivity contribution in [1.82, 2.24) is 5.48 Å². The Bertz CT molecular complexity index is 889. The number of benzene rings is 1. The van der Waals surface area contributed by atoms with Crippen LogP contribution in [0.2, 0.25) is 0 Å². The van der Waals surface area contributed by atoms with Crippen LogP contribution in [0.5, 0.6) is 5.75 Å². The van der Waals surface area contributed by atoms with E-state index in [9.17, 15) is 13.2 Å². The molecule has 2 aromatic rings. The molecule has 1 amide bonds. The lowest BCUT2D eigenvalue weighted by Gasteiger charge is -2.35. The number of ether oxygens (including phenoxy) is 1. The fourth-order valence-corrected chi connectivity index (χ4v) is 7.19. The summed E-state index contributed by atoms with van der Waals surface area (Å²) in [4.78, 5) is 13.4. The number of carbonyl (C=O) groups is 1. The molecular weight excluding hydrogens is 374 g/mol. The first-order valence-corrected chi connectivity index (χ1v) is 10.8. The van der Waals surface area contributed by atoms with Gasteiger partial charge in [0.15, 0.2) is 9.84 Å². The van der Waals surface area contributed by atoms with E-state index in [-0.39, 0.29) is 12.2 Å². The Morgan fingerprint density at radius 3 is 2.58 bits per heavy atom. The van der Waals surface area contributed by atoms with Crippen molar-refractivity contribution < 1.29 is 23.2 Å². The Balaban J connectivity index is 2.02. The molecule has 6 nitrogen and oxygen atoms in total. The highest BCUT2D eigenvalue weighted by Gasteiger charge is 2.49. The predicted octanol–water partition coefficient (Wildman–Crippen LogP) is 3.11. The van der Waals surface area contributed by atoms with Crippen LogP contribution in [-0.4, -0.2) is 32.4 Å². The smallest absolute Gasteiger partial charge is 0.245 e. The average molecular weight is 396 g/mol. The van der Waals surface area contributed by atoms with Crippen LogP contribution in [-0.2, 0) is 19.4 Å². The maximum Gasteiger partial charge on any atom is 0.245 e. The lowest BCUT2D eigenvalue weighted by Crippen LogP contribution is -2.43. The molecule has 1 saturated heterocycles. The van der Waals surface area contributed by atoms with Gasteiger partial charge >= 0.3 is 0 Å². The first kappa shape index (κ1) is 18.9. The summed E-state index contributed by atoms with van der Waals surface area (Å²) in [5.41, 5.74) is 2.54. The van der Waals surface area contributed by atoms with E-state index in [0.717, 1.165) is 22.6 Å². The number of rotatable bonds is 5. The minimum Gasteiger partial charge on any atom is -0.497 e. The summed E-state index contributed by atoms with van der Waals surface area (Å²) in [7, 11) is -1.91. The van der Waals surface area contributed by atoms with Crippen LogP contribution in [0.15, 0.2) is 36.4 Å². The van der Waals surface area contributed by atoms with Crippen molar-refractivity contribution in [2.24, 2.45) is 0 Å². The van der Waals surface area contributed by atoms with Gasteiger partial charge in [-0.1, -0.05) is 6.42 Å². The van der Waals surface area contributed by atoms with E-state index in [1.165, 1.54) is 11.3 Å². The number of hydrogen-bond acceptors (Lipinski definition) is 6. The molecule has 0 spiro atoms. The third-order valence-corrected chi connectivity index (χ3v) is 8.89. The molecule has 140 valence electrons. The second-order valence-electron chi connectivity index (χ2n) is 6.37. The van der Waals surface area contributed by atoms with Gasteiger partial charge in [-0.15, -0.1) is 11.3 Å². The quantitative estimate of drug-likeness (QED) is 0.599. The van der Waals surface area contributed by atoms with E-state index in [0.29, 0.717) is 17.7 Å². The molecule has 1 aliphatic rings. The summed E-state index contributed by atoms with van der Waals surface area (Å²) in [6, 6.07) is 11.2. The number of thiophene rings is 1. The maximum absolute atomic E-state index is 12.9. The Labute approximate surface area is 156 Å². The van der Waals surface area contributed by atoms with Gasteiger partial charge in [0.2, 0.25) is 5.91 Å². The van der Waals surface area contributed by atoms with Crippen LogP contribution in [0.25, 0.3) is 10.4 Å². The molecule has 1 aromatic carbocycles. The number of nitrogens with one attached hydrogen (secondary N) is 1. The summed E-state index contributed by atoms with van der Waals surface area (Å²) >= 11 is 1.38. The predicted molar refractivity (Wildman–Crippen MR) is 100 cm³/mol. The summed E-state index contributed by atoms with van der Waals surface area (Å²) in [5, 5.41) is 8.93. The van der Waals surface area contributed by atoms with Gasteiger partial charge in [0.1, 0.15) is 10.5 Å². The zero-order valence-corrected chi connectivity index (χ0v) is 16.0. The normalized spacial score (nSPS) is 21.9. The average Bonchev–Trinajstić information content (AvgIpc) is 3.14. The molecule has 1 aromatic heterocycles.